The molecular weight excluding hydrogens is 305 g/mol. The minimum atomic E-state index is -0.284. The van der Waals surface area contributed by atoms with Gasteiger partial charge in [0.25, 0.3) is 0 Å². The number of anilines is 4. The highest BCUT2D eigenvalue weighted by Gasteiger charge is 2.04. The van der Waals surface area contributed by atoms with E-state index in [1.807, 2.05) is 12.1 Å². The SMILES string of the molecule is CC(C)c1ccc(Nc2nncc(Nc3ccc(F)cc3)n2)cc1. The molecule has 0 saturated heterocycles. The van der Waals surface area contributed by atoms with Crippen molar-refractivity contribution in [3.8, 4) is 0 Å². The van der Waals surface area contributed by atoms with E-state index in [1.165, 1.54) is 23.9 Å². The molecule has 0 radical (unpaired) electrons. The Morgan fingerprint density at radius 1 is 0.875 bits per heavy atom. The minimum absolute atomic E-state index is 0.284. The molecule has 0 aliphatic heterocycles. The van der Waals surface area contributed by atoms with Gasteiger partial charge in [0.15, 0.2) is 5.82 Å². The molecule has 0 aliphatic carbocycles. The lowest BCUT2D eigenvalue weighted by molar-refractivity contribution is 0.628. The van der Waals surface area contributed by atoms with Gasteiger partial charge >= 0.3 is 0 Å². The van der Waals surface area contributed by atoms with Gasteiger partial charge in [0.2, 0.25) is 5.95 Å². The number of aromatic nitrogens is 3. The first-order valence-electron chi connectivity index (χ1n) is 7.69. The van der Waals surface area contributed by atoms with E-state index < -0.39 is 0 Å². The lowest BCUT2D eigenvalue weighted by Gasteiger charge is -2.09. The van der Waals surface area contributed by atoms with Crippen molar-refractivity contribution in [2.75, 3.05) is 10.6 Å². The highest BCUT2D eigenvalue weighted by atomic mass is 19.1. The topological polar surface area (TPSA) is 62.7 Å². The van der Waals surface area contributed by atoms with Gasteiger partial charge in [-0.15, -0.1) is 5.10 Å². The molecule has 0 fully saturated rings. The van der Waals surface area contributed by atoms with Gasteiger partial charge in [0.05, 0.1) is 6.20 Å². The molecule has 0 amide bonds. The minimum Gasteiger partial charge on any atom is -0.339 e. The number of halogens is 1. The zero-order valence-corrected chi connectivity index (χ0v) is 13.5. The van der Waals surface area contributed by atoms with Gasteiger partial charge in [-0.05, 0) is 47.9 Å². The quantitative estimate of drug-likeness (QED) is 0.717. The van der Waals surface area contributed by atoms with E-state index in [-0.39, 0.29) is 5.82 Å². The highest BCUT2D eigenvalue weighted by Crippen LogP contribution is 2.20. The third-order valence-corrected chi connectivity index (χ3v) is 3.51. The van der Waals surface area contributed by atoms with Gasteiger partial charge in [-0.3, -0.25) is 0 Å². The van der Waals surface area contributed by atoms with Crippen molar-refractivity contribution in [2.45, 2.75) is 19.8 Å². The molecule has 6 heteroatoms. The number of nitrogens with one attached hydrogen (secondary N) is 2. The van der Waals surface area contributed by atoms with Crippen LogP contribution in [0.3, 0.4) is 0 Å². The predicted octanol–water partition coefficient (Wildman–Crippen LogP) is 4.62. The zero-order chi connectivity index (χ0) is 16.9. The summed E-state index contributed by atoms with van der Waals surface area (Å²) in [7, 11) is 0. The molecule has 0 spiro atoms. The molecule has 0 aliphatic rings. The van der Waals surface area contributed by atoms with E-state index in [4.69, 9.17) is 0 Å². The van der Waals surface area contributed by atoms with Crippen LogP contribution in [-0.2, 0) is 0 Å². The van der Waals surface area contributed by atoms with Crippen LogP contribution in [-0.4, -0.2) is 15.2 Å². The fourth-order valence-corrected chi connectivity index (χ4v) is 2.18. The average molecular weight is 323 g/mol. The molecule has 0 unspecified atom stereocenters. The normalized spacial score (nSPS) is 10.7. The first-order chi connectivity index (χ1) is 11.6. The average Bonchev–Trinajstić information content (AvgIpc) is 2.58. The summed E-state index contributed by atoms with van der Waals surface area (Å²) in [4.78, 5) is 4.35. The molecule has 1 aromatic heterocycles. The van der Waals surface area contributed by atoms with Crippen LogP contribution in [0.1, 0.15) is 25.3 Å². The van der Waals surface area contributed by atoms with Crippen molar-refractivity contribution in [1.29, 1.82) is 0 Å². The molecule has 0 saturated carbocycles. The van der Waals surface area contributed by atoms with Crippen molar-refractivity contribution < 1.29 is 4.39 Å². The van der Waals surface area contributed by atoms with Crippen LogP contribution in [0.5, 0.6) is 0 Å². The van der Waals surface area contributed by atoms with E-state index in [1.54, 1.807) is 12.1 Å². The third-order valence-electron chi connectivity index (χ3n) is 3.51. The molecule has 122 valence electrons. The summed E-state index contributed by atoms with van der Waals surface area (Å²) >= 11 is 0. The van der Waals surface area contributed by atoms with E-state index in [0.717, 1.165) is 11.4 Å². The summed E-state index contributed by atoms with van der Waals surface area (Å²) in [5.41, 5.74) is 2.88. The Morgan fingerprint density at radius 3 is 2.17 bits per heavy atom. The fourth-order valence-electron chi connectivity index (χ4n) is 2.18. The first-order valence-corrected chi connectivity index (χ1v) is 7.69. The monoisotopic (exact) mass is 323 g/mol. The predicted molar refractivity (Wildman–Crippen MR) is 93.3 cm³/mol. The number of nitrogens with zero attached hydrogens (tertiary/aromatic N) is 3. The number of hydrogen-bond donors (Lipinski definition) is 2. The highest BCUT2D eigenvalue weighted by molar-refractivity contribution is 5.58. The van der Waals surface area contributed by atoms with Crippen molar-refractivity contribution in [2.24, 2.45) is 0 Å². The van der Waals surface area contributed by atoms with Crippen LogP contribution in [0.4, 0.5) is 27.5 Å². The van der Waals surface area contributed by atoms with Crippen molar-refractivity contribution >= 4 is 23.1 Å². The maximum absolute atomic E-state index is 12.9. The van der Waals surface area contributed by atoms with Crippen LogP contribution in [0.15, 0.2) is 54.7 Å². The molecule has 1 heterocycles. The maximum atomic E-state index is 12.9. The van der Waals surface area contributed by atoms with Gasteiger partial charge in [0.1, 0.15) is 5.82 Å². The van der Waals surface area contributed by atoms with Crippen LogP contribution >= 0.6 is 0 Å². The first kappa shape index (κ1) is 15.9. The van der Waals surface area contributed by atoms with E-state index in [0.29, 0.717) is 17.7 Å². The van der Waals surface area contributed by atoms with Crippen molar-refractivity contribution in [1.82, 2.24) is 15.2 Å². The summed E-state index contributed by atoms with van der Waals surface area (Å²) in [6, 6.07) is 14.1. The Bertz CT molecular complexity index is 800. The molecule has 2 N–H and O–H groups in total. The smallest absolute Gasteiger partial charge is 0.249 e. The Hall–Kier alpha value is -3.02. The molecule has 2 aromatic carbocycles. The summed E-state index contributed by atoms with van der Waals surface area (Å²) in [6.45, 7) is 4.31. The Balaban J connectivity index is 1.71. The van der Waals surface area contributed by atoms with E-state index in [2.05, 4.69) is 51.8 Å². The molecule has 5 nitrogen and oxygen atoms in total. The Labute approximate surface area is 140 Å². The number of rotatable bonds is 5. The standard InChI is InChI=1S/C18H18FN5/c1-12(2)13-3-7-16(8-4-13)22-18-23-17(11-20-24-18)21-15-9-5-14(19)6-10-15/h3-12H,1-2H3,(H2,21,22,23,24). The van der Waals surface area contributed by atoms with Crippen LogP contribution in [0, 0.1) is 5.82 Å². The molecule has 0 bridgehead atoms. The van der Waals surface area contributed by atoms with Gasteiger partial charge in [-0.2, -0.15) is 10.1 Å². The van der Waals surface area contributed by atoms with Crippen LogP contribution in [0.2, 0.25) is 0 Å². The third kappa shape index (κ3) is 4.04. The fraction of sp³-hybridized carbons (Fsp3) is 0.167. The second-order valence-electron chi connectivity index (χ2n) is 5.70. The van der Waals surface area contributed by atoms with Gasteiger partial charge in [0, 0.05) is 11.4 Å². The molecule has 24 heavy (non-hydrogen) atoms. The maximum Gasteiger partial charge on any atom is 0.249 e. The Morgan fingerprint density at radius 2 is 1.50 bits per heavy atom. The Kier molecular flexibility index (Phi) is 4.65. The van der Waals surface area contributed by atoms with Gasteiger partial charge in [-0.1, -0.05) is 26.0 Å². The summed E-state index contributed by atoms with van der Waals surface area (Å²) in [5, 5.41) is 14.1. The second-order valence-corrected chi connectivity index (χ2v) is 5.70. The molecule has 3 aromatic rings. The lowest BCUT2D eigenvalue weighted by Crippen LogP contribution is -2.02. The van der Waals surface area contributed by atoms with Gasteiger partial charge < -0.3 is 10.6 Å². The summed E-state index contributed by atoms with van der Waals surface area (Å²) < 4.78 is 12.9. The van der Waals surface area contributed by atoms with Gasteiger partial charge in [-0.25, -0.2) is 4.39 Å². The number of benzene rings is 2. The zero-order valence-electron chi connectivity index (χ0n) is 13.5. The molecule has 0 atom stereocenters. The van der Waals surface area contributed by atoms with Crippen molar-refractivity contribution in [3.05, 3.63) is 66.1 Å². The molecular formula is C18H18FN5. The van der Waals surface area contributed by atoms with E-state index in [9.17, 15) is 4.39 Å². The van der Waals surface area contributed by atoms with E-state index >= 15 is 0 Å². The van der Waals surface area contributed by atoms with Crippen LogP contribution < -0.4 is 10.6 Å². The lowest BCUT2D eigenvalue weighted by atomic mass is 10.0. The van der Waals surface area contributed by atoms with Crippen molar-refractivity contribution in [3.63, 3.8) is 0 Å². The molecule has 3 rings (SSSR count). The largest absolute Gasteiger partial charge is 0.339 e. The summed E-state index contributed by atoms with van der Waals surface area (Å²) in [5.74, 6) is 1.12. The number of hydrogen-bond acceptors (Lipinski definition) is 5. The van der Waals surface area contributed by atoms with Crippen LogP contribution in [0.25, 0.3) is 0 Å². The second kappa shape index (κ2) is 7.04. The summed E-state index contributed by atoms with van der Waals surface area (Å²) in [6.07, 6.45) is 1.51.